The van der Waals surface area contributed by atoms with Gasteiger partial charge in [0, 0.05) is 23.8 Å². The average molecular weight is 222 g/mol. The third kappa shape index (κ3) is 2.18. The molecule has 3 nitrogen and oxygen atoms in total. The second kappa shape index (κ2) is 4.03. The van der Waals surface area contributed by atoms with Gasteiger partial charge in [-0.3, -0.25) is 0 Å². The first-order valence-corrected chi connectivity index (χ1v) is 5.21. The number of nitrogens with zero attached hydrogens (tertiary/aromatic N) is 2. The summed E-state index contributed by atoms with van der Waals surface area (Å²) in [5.74, 6) is 0.853. The number of fused-ring (bicyclic) bond motifs is 1. The van der Waals surface area contributed by atoms with E-state index in [1.54, 1.807) is 12.4 Å². The minimum absolute atomic E-state index is 0.346. The smallest absolute Gasteiger partial charge is 0.135 e. The van der Waals surface area contributed by atoms with Gasteiger partial charge in [0.05, 0.1) is 0 Å². The number of hydrogen-bond acceptors (Lipinski definition) is 3. The first-order valence-electron chi connectivity index (χ1n) is 4.83. The molecule has 0 saturated heterocycles. The summed E-state index contributed by atoms with van der Waals surface area (Å²) >= 11 is 5.82. The fourth-order valence-electron chi connectivity index (χ4n) is 1.43. The Bertz CT molecular complexity index is 482. The molecule has 0 aromatic carbocycles. The van der Waals surface area contributed by atoms with Crippen molar-refractivity contribution >= 4 is 28.2 Å². The zero-order chi connectivity index (χ0) is 10.8. The fourth-order valence-corrected chi connectivity index (χ4v) is 1.60. The maximum Gasteiger partial charge on any atom is 0.135 e. The van der Waals surface area contributed by atoms with Gasteiger partial charge in [-0.2, -0.15) is 0 Å². The second-order valence-electron chi connectivity index (χ2n) is 3.69. The molecule has 15 heavy (non-hydrogen) atoms. The van der Waals surface area contributed by atoms with Crippen molar-refractivity contribution in [3.8, 4) is 0 Å². The molecule has 2 heterocycles. The van der Waals surface area contributed by atoms with E-state index < -0.39 is 0 Å². The van der Waals surface area contributed by atoms with Gasteiger partial charge in [0.1, 0.15) is 11.0 Å². The zero-order valence-electron chi connectivity index (χ0n) is 8.66. The Morgan fingerprint density at radius 2 is 2.13 bits per heavy atom. The number of aromatic nitrogens is 2. The van der Waals surface area contributed by atoms with Crippen molar-refractivity contribution in [2.24, 2.45) is 0 Å². The molecule has 1 N–H and O–H groups in total. The summed E-state index contributed by atoms with van der Waals surface area (Å²) in [6, 6.07) is 4.11. The van der Waals surface area contributed by atoms with Crippen molar-refractivity contribution in [2.45, 2.75) is 19.9 Å². The topological polar surface area (TPSA) is 37.8 Å². The van der Waals surface area contributed by atoms with Crippen LogP contribution in [0.15, 0.2) is 24.5 Å². The van der Waals surface area contributed by atoms with Crippen LogP contribution in [0.2, 0.25) is 5.15 Å². The lowest BCUT2D eigenvalue weighted by Crippen LogP contribution is -2.11. The first-order chi connectivity index (χ1) is 7.16. The molecule has 0 saturated carbocycles. The standard InChI is InChI=1S/C11H12ClN3/c1-7(2)15-11-9-6-14-10(12)5-8(9)3-4-13-11/h3-7H,1-2H3,(H,13,15). The van der Waals surface area contributed by atoms with Crippen LogP contribution in [-0.4, -0.2) is 16.0 Å². The second-order valence-corrected chi connectivity index (χ2v) is 4.07. The van der Waals surface area contributed by atoms with Crippen LogP contribution in [0.25, 0.3) is 10.8 Å². The van der Waals surface area contributed by atoms with Crippen LogP contribution in [-0.2, 0) is 0 Å². The van der Waals surface area contributed by atoms with E-state index in [1.807, 2.05) is 12.1 Å². The summed E-state index contributed by atoms with van der Waals surface area (Å²) in [4.78, 5) is 8.34. The molecule has 0 fully saturated rings. The van der Waals surface area contributed by atoms with Crippen molar-refractivity contribution in [3.63, 3.8) is 0 Å². The van der Waals surface area contributed by atoms with Crippen molar-refractivity contribution in [1.29, 1.82) is 0 Å². The van der Waals surface area contributed by atoms with E-state index in [-0.39, 0.29) is 0 Å². The van der Waals surface area contributed by atoms with Crippen LogP contribution < -0.4 is 5.32 Å². The van der Waals surface area contributed by atoms with Crippen LogP contribution in [0.5, 0.6) is 0 Å². The molecular weight excluding hydrogens is 210 g/mol. The number of rotatable bonds is 2. The van der Waals surface area contributed by atoms with Gasteiger partial charge >= 0.3 is 0 Å². The van der Waals surface area contributed by atoms with E-state index in [1.165, 1.54) is 0 Å². The summed E-state index contributed by atoms with van der Waals surface area (Å²) in [6.45, 7) is 4.15. The lowest BCUT2D eigenvalue weighted by atomic mass is 10.2. The minimum Gasteiger partial charge on any atom is -0.367 e. The molecular formula is C11H12ClN3. The highest BCUT2D eigenvalue weighted by molar-refractivity contribution is 6.30. The summed E-state index contributed by atoms with van der Waals surface area (Å²) in [7, 11) is 0. The maximum atomic E-state index is 5.82. The van der Waals surface area contributed by atoms with Gasteiger partial charge in [-0.25, -0.2) is 9.97 Å². The number of nitrogens with one attached hydrogen (secondary N) is 1. The zero-order valence-corrected chi connectivity index (χ0v) is 9.42. The first kappa shape index (κ1) is 10.2. The quantitative estimate of drug-likeness (QED) is 0.792. The SMILES string of the molecule is CC(C)Nc1nccc2cc(Cl)ncc12. The Morgan fingerprint density at radius 3 is 2.87 bits per heavy atom. The Hall–Kier alpha value is -1.35. The Balaban J connectivity index is 2.56. The molecule has 0 radical (unpaired) electrons. The van der Waals surface area contributed by atoms with E-state index in [4.69, 9.17) is 11.6 Å². The molecule has 78 valence electrons. The summed E-state index contributed by atoms with van der Waals surface area (Å²) in [5.41, 5.74) is 0. The van der Waals surface area contributed by atoms with Crippen molar-refractivity contribution < 1.29 is 0 Å². The van der Waals surface area contributed by atoms with Crippen LogP contribution in [0.3, 0.4) is 0 Å². The average Bonchev–Trinajstić information content (AvgIpc) is 2.16. The number of anilines is 1. The lowest BCUT2D eigenvalue weighted by Gasteiger charge is -2.11. The van der Waals surface area contributed by atoms with Crippen LogP contribution in [0, 0.1) is 0 Å². The van der Waals surface area contributed by atoms with Crippen LogP contribution in [0.4, 0.5) is 5.82 Å². The third-order valence-electron chi connectivity index (χ3n) is 2.04. The van der Waals surface area contributed by atoms with Gasteiger partial charge in [0.15, 0.2) is 0 Å². The number of halogens is 1. The molecule has 2 aromatic heterocycles. The molecule has 4 heteroatoms. The summed E-state index contributed by atoms with van der Waals surface area (Å²) in [6.07, 6.45) is 3.51. The Labute approximate surface area is 93.5 Å². The monoisotopic (exact) mass is 221 g/mol. The van der Waals surface area contributed by atoms with Crippen LogP contribution >= 0.6 is 11.6 Å². The highest BCUT2D eigenvalue weighted by Crippen LogP contribution is 2.22. The van der Waals surface area contributed by atoms with E-state index in [0.717, 1.165) is 16.6 Å². The third-order valence-corrected chi connectivity index (χ3v) is 2.25. The number of pyridine rings is 2. The summed E-state index contributed by atoms with van der Waals surface area (Å²) in [5, 5.41) is 5.82. The highest BCUT2D eigenvalue weighted by Gasteiger charge is 2.04. The Kier molecular flexibility index (Phi) is 2.73. The molecule has 0 bridgehead atoms. The number of hydrogen-bond donors (Lipinski definition) is 1. The maximum absolute atomic E-state index is 5.82. The predicted molar refractivity (Wildman–Crippen MR) is 63.3 cm³/mol. The van der Waals surface area contributed by atoms with Gasteiger partial charge in [0.2, 0.25) is 0 Å². The predicted octanol–water partition coefficient (Wildman–Crippen LogP) is 3.10. The molecule has 0 atom stereocenters. The van der Waals surface area contributed by atoms with Gasteiger partial charge in [-0.15, -0.1) is 0 Å². The van der Waals surface area contributed by atoms with Gasteiger partial charge < -0.3 is 5.32 Å². The van der Waals surface area contributed by atoms with E-state index in [2.05, 4.69) is 29.1 Å². The molecule has 0 aliphatic rings. The van der Waals surface area contributed by atoms with Crippen molar-refractivity contribution in [1.82, 2.24) is 9.97 Å². The highest BCUT2D eigenvalue weighted by atomic mass is 35.5. The van der Waals surface area contributed by atoms with Crippen LogP contribution in [0.1, 0.15) is 13.8 Å². The van der Waals surface area contributed by atoms with Crippen molar-refractivity contribution in [3.05, 3.63) is 29.7 Å². The molecule has 0 spiro atoms. The molecule has 0 aliphatic carbocycles. The minimum atomic E-state index is 0.346. The van der Waals surface area contributed by atoms with E-state index in [9.17, 15) is 0 Å². The molecule has 0 aliphatic heterocycles. The Morgan fingerprint density at radius 1 is 1.33 bits per heavy atom. The molecule has 2 rings (SSSR count). The molecule has 0 amide bonds. The molecule has 0 unspecified atom stereocenters. The van der Waals surface area contributed by atoms with Gasteiger partial charge in [-0.1, -0.05) is 11.6 Å². The largest absolute Gasteiger partial charge is 0.367 e. The fraction of sp³-hybridized carbons (Fsp3) is 0.273. The van der Waals surface area contributed by atoms with Gasteiger partial charge in [0.25, 0.3) is 0 Å². The normalized spacial score (nSPS) is 10.9. The van der Waals surface area contributed by atoms with Gasteiger partial charge in [-0.05, 0) is 31.4 Å². The van der Waals surface area contributed by atoms with E-state index >= 15 is 0 Å². The van der Waals surface area contributed by atoms with E-state index in [0.29, 0.717) is 11.2 Å². The lowest BCUT2D eigenvalue weighted by molar-refractivity contribution is 0.892. The van der Waals surface area contributed by atoms with Crippen molar-refractivity contribution in [2.75, 3.05) is 5.32 Å². The summed E-state index contributed by atoms with van der Waals surface area (Å²) < 4.78 is 0. The molecule has 2 aromatic rings.